The minimum Gasteiger partial charge on any atom is -0.507 e. The van der Waals surface area contributed by atoms with Gasteiger partial charge in [0.1, 0.15) is 12.3 Å². The summed E-state index contributed by atoms with van der Waals surface area (Å²) in [4.78, 5) is 14.2. The summed E-state index contributed by atoms with van der Waals surface area (Å²) in [6, 6.07) is 11.3. The number of phenolic OH excluding ortho intramolecular Hbond substituents is 1. The average Bonchev–Trinajstić information content (AvgIpc) is 2.96. The van der Waals surface area contributed by atoms with Crippen LogP contribution in [0.1, 0.15) is 46.8 Å². The molecule has 0 spiro atoms. The Balaban J connectivity index is 1.63. The predicted octanol–water partition coefficient (Wildman–Crippen LogP) is 3.13. The van der Waals surface area contributed by atoms with Gasteiger partial charge >= 0.3 is 0 Å². The fraction of sp³-hybridized carbons (Fsp3) is 0.348. The van der Waals surface area contributed by atoms with E-state index in [4.69, 9.17) is 4.74 Å². The lowest BCUT2D eigenvalue weighted by molar-refractivity contribution is -0.922. The zero-order valence-electron chi connectivity index (χ0n) is 15.9. The first-order valence-electron chi connectivity index (χ1n) is 9.70. The van der Waals surface area contributed by atoms with Crippen LogP contribution in [0.15, 0.2) is 42.2 Å². The smallest absolute Gasteiger partial charge is 0.231 e. The number of nitrogens with one attached hydrogen (secondary N) is 1. The van der Waals surface area contributed by atoms with Gasteiger partial charge in [-0.15, -0.1) is 0 Å². The number of quaternary nitrogens is 1. The maximum Gasteiger partial charge on any atom is 0.231 e. The van der Waals surface area contributed by atoms with Crippen LogP contribution in [0.25, 0.3) is 6.08 Å². The number of ketones is 1. The molecule has 0 amide bonds. The maximum absolute atomic E-state index is 12.8. The van der Waals surface area contributed by atoms with Gasteiger partial charge in [0.25, 0.3) is 0 Å². The van der Waals surface area contributed by atoms with Crippen LogP contribution in [0.3, 0.4) is 0 Å². The molecule has 4 nitrogen and oxygen atoms in total. The summed E-state index contributed by atoms with van der Waals surface area (Å²) in [7, 11) is 0. The second-order valence-electron chi connectivity index (χ2n) is 7.92. The van der Waals surface area contributed by atoms with Gasteiger partial charge in [0.2, 0.25) is 5.78 Å². The number of carbonyl (C=O) groups excluding carboxylic acids is 1. The standard InChI is InChI=1S/C23H25NO3/c1-15-5-7-17(8-6-15)12-21-22(26)18-9-10-20(25)19(23(18)27-21)14-24-11-3-4-16(2)13-24/h5-10,12,16,25H,3-4,11,13-14H2,1-2H3/p+1/b21-12-/t16-/m1/s1. The van der Waals surface area contributed by atoms with Crippen molar-refractivity contribution in [2.24, 2.45) is 5.92 Å². The number of aromatic hydroxyl groups is 1. The van der Waals surface area contributed by atoms with E-state index >= 15 is 0 Å². The summed E-state index contributed by atoms with van der Waals surface area (Å²) in [5.74, 6) is 1.64. The summed E-state index contributed by atoms with van der Waals surface area (Å²) >= 11 is 0. The van der Waals surface area contributed by atoms with E-state index in [0.717, 1.165) is 24.2 Å². The van der Waals surface area contributed by atoms with E-state index in [2.05, 4.69) is 6.92 Å². The van der Waals surface area contributed by atoms with Crippen LogP contribution in [0.2, 0.25) is 0 Å². The molecule has 2 heterocycles. The first-order valence-corrected chi connectivity index (χ1v) is 9.70. The van der Waals surface area contributed by atoms with Crippen LogP contribution in [-0.4, -0.2) is 24.0 Å². The molecule has 4 heteroatoms. The molecule has 2 aromatic rings. The zero-order valence-corrected chi connectivity index (χ0v) is 15.9. The molecule has 2 atom stereocenters. The lowest BCUT2D eigenvalue weighted by Gasteiger charge is -2.28. The van der Waals surface area contributed by atoms with Crippen LogP contribution in [0, 0.1) is 12.8 Å². The molecular weight excluding hydrogens is 338 g/mol. The molecule has 2 aliphatic heterocycles. The molecule has 1 unspecified atom stereocenters. The number of fused-ring (bicyclic) bond motifs is 1. The minimum absolute atomic E-state index is 0.117. The van der Waals surface area contributed by atoms with Crippen LogP contribution in [-0.2, 0) is 6.54 Å². The lowest BCUT2D eigenvalue weighted by Crippen LogP contribution is -3.12. The predicted molar refractivity (Wildman–Crippen MR) is 105 cm³/mol. The van der Waals surface area contributed by atoms with Crippen molar-refractivity contribution in [3.8, 4) is 11.5 Å². The molecule has 140 valence electrons. The number of Topliss-reactive ketones (excluding diaryl/α,β-unsaturated/α-hetero) is 1. The van der Waals surface area contributed by atoms with Gasteiger partial charge < -0.3 is 14.7 Å². The van der Waals surface area contributed by atoms with Gasteiger partial charge in [-0.2, -0.15) is 0 Å². The van der Waals surface area contributed by atoms with E-state index < -0.39 is 0 Å². The van der Waals surface area contributed by atoms with Crippen molar-refractivity contribution in [2.75, 3.05) is 13.1 Å². The van der Waals surface area contributed by atoms with Crippen molar-refractivity contribution >= 4 is 11.9 Å². The number of aryl methyl sites for hydroxylation is 1. The molecular formula is C23H26NO3+. The second-order valence-corrected chi connectivity index (χ2v) is 7.92. The highest BCUT2D eigenvalue weighted by atomic mass is 16.5. The lowest BCUT2D eigenvalue weighted by atomic mass is 9.99. The number of phenols is 1. The highest BCUT2D eigenvalue weighted by Crippen LogP contribution is 2.39. The Hall–Kier alpha value is -2.59. The van der Waals surface area contributed by atoms with Crippen LogP contribution in [0.5, 0.6) is 11.5 Å². The Morgan fingerprint density at radius 2 is 2.00 bits per heavy atom. The number of ether oxygens (including phenoxy) is 1. The molecule has 0 aromatic heterocycles. The van der Waals surface area contributed by atoms with Gasteiger partial charge in [0.15, 0.2) is 11.5 Å². The Bertz CT molecular complexity index is 899. The van der Waals surface area contributed by atoms with Gasteiger partial charge in [0, 0.05) is 5.92 Å². The van der Waals surface area contributed by atoms with Gasteiger partial charge in [0.05, 0.1) is 24.2 Å². The fourth-order valence-corrected chi connectivity index (χ4v) is 4.09. The van der Waals surface area contributed by atoms with E-state index in [0.29, 0.717) is 29.5 Å². The molecule has 4 rings (SSSR count). The summed E-state index contributed by atoms with van der Waals surface area (Å²) in [6.07, 6.45) is 4.24. The van der Waals surface area contributed by atoms with Crippen molar-refractivity contribution in [3.63, 3.8) is 0 Å². The number of benzene rings is 2. The van der Waals surface area contributed by atoms with Crippen molar-refractivity contribution in [3.05, 3.63) is 64.4 Å². The summed E-state index contributed by atoms with van der Waals surface area (Å²) in [5, 5.41) is 10.4. The van der Waals surface area contributed by atoms with Crippen molar-refractivity contribution in [1.29, 1.82) is 0 Å². The number of likely N-dealkylation sites (tertiary alicyclic amines) is 1. The molecule has 2 N–H and O–H groups in total. The molecule has 0 bridgehead atoms. The number of allylic oxidation sites excluding steroid dienone is 1. The van der Waals surface area contributed by atoms with Crippen molar-refractivity contribution in [1.82, 2.24) is 0 Å². The van der Waals surface area contributed by atoms with Gasteiger partial charge in [-0.25, -0.2) is 0 Å². The third kappa shape index (κ3) is 3.62. The Morgan fingerprint density at radius 1 is 1.22 bits per heavy atom. The van der Waals surface area contributed by atoms with Crippen molar-refractivity contribution < 1.29 is 19.5 Å². The molecule has 0 aliphatic carbocycles. The summed E-state index contributed by atoms with van der Waals surface area (Å²) < 4.78 is 5.97. The third-order valence-corrected chi connectivity index (χ3v) is 5.58. The second kappa shape index (κ2) is 7.20. The third-order valence-electron chi connectivity index (χ3n) is 5.58. The van der Waals surface area contributed by atoms with E-state index in [1.165, 1.54) is 23.3 Å². The molecule has 0 radical (unpaired) electrons. The SMILES string of the molecule is Cc1ccc(/C=C2\Oc3c(ccc(O)c3C[NH+]3CCC[C@@H](C)C3)C2=O)cc1. The largest absolute Gasteiger partial charge is 0.507 e. The molecule has 1 saturated heterocycles. The van der Waals surface area contributed by atoms with Crippen LogP contribution < -0.4 is 9.64 Å². The van der Waals surface area contributed by atoms with E-state index in [1.54, 1.807) is 18.2 Å². The normalized spacial score (nSPS) is 23.3. The monoisotopic (exact) mass is 364 g/mol. The molecule has 27 heavy (non-hydrogen) atoms. The fourth-order valence-electron chi connectivity index (χ4n) is 4.09. The first-order chi connectivity index (χ1) is 13.0. The highest BCUT2D eigenvalue weighted by molar-refractivity contribution is 6.14. The number of hydrogen-bond acceptors (Lipinski definition) is 3. The topological polar surface area (TPSA) is 51.0 Å². The van der Waals surface area contributed by atoms with E-state index in [9.17, 15) is 9.90 Å². The highest BCUT2D eigenvalue weighted by Gasteiger charge is 2.33. The number of carbonyl (C=O) groups is 1. The van der Waals surface area contributed by atoms with Gasteiger partial charge in [-0.1, -0.05) is 36.8 Å². The van der Waals surface area contributed by atoms with Crippen molar-refractivity contribution in [2.45, 2.75) is 33.2 Å². The number of hydrogen-bond donors (Lipinski definition) is 2. The number of piperidine rings is 1. The molecule has 2 aromatic carbocycles. The minimum atomic E-state index is -0.117. The summed E-state index contributed by atoms with van der Waals surface area (Å²) in [6.45, 7) is 7.17. The first kappa shape index (κ1) is 17.8. The van der Waals surface area contributed by atoms with E-state index in [-0.39, 0.29) is 11.5 Å². The quantitative estimate of drug-likeness (QED) is 0.823. The van der Waals surface area contributed by atoms with Crippen LogP contribution >= 0.6 is 0 Å². The number of rotatable bonds is 3. The van der Waals surface area contributed by atoms with E-state index in [1.807, 2.05) is 31.2 Å². The van der Waals surface area contributed by atoms with Gasteiger partial charge in [-0.3, -0.25) is 4.79 Å². The molecule has 1 fully saturated rings. The summed E-state index contributed by atoms with van der Waals surface area (Å²) in [5.41, 5.74) is 3.39. The molecule has 0 saturated carbocycles. The Kier molecular flexibility index (Phi) is 4.75. The molecule has 2 aliphatic rings. The maximum atomic E-state index is 12.8. The van der Waals surface area contributed by atoms with Crippen LogP contribution in [0.4, 0.5) is 0 Å². The Morgan fingerprint density at radius 3 is 2.74 bits per heavy atom. The Labute approximate surface area is 160 Å². The average molecular weight is 364 g/mol. The zero-order chi connectivity index (χ0) is 19.0. The van der Waals surface area contributed by atoms with Gasteiger partial charge in [-0.05, 0) is 43.5 Å².